The molecule has 0 saturated carbocycles. The Morgan fingerprint density at radius 1 is 1.36 bits per heavy atom. The van der Waals surface area contributed by atoms with Gasteiger partial charge in [-0.05, 0) is 30.7 Å². The van der Waals surface area contributed by atoms with Crippen LogP contribution >= 0.6 is 11.6 Å². The molecule has 0 bridgehead atoms. The summed E-state index contributed by atoms with van der Waals surface area (Å²) in [6, 6.07) is 10.6. The number of rotatable bonds is 4. The van der Waals surface area contributed by atoms with Crippen LogP contribution < -0.4 is 10.6 Å². The number of hydrogen-bond donors (Lipinski definition) is 2. The monoisotopic (exact) mass is 322 g/mol. The smallest absolute Gasteiger partial charge is 0.287 e. The molecule has 6 heteroatoms. The molecule has 1 aliphatic rings. The van der Waals surface area contributed by atoms with Crippen molar-refractivity contribution in [2.45, 2.75) is 18.6 Å². The predicted molar refractivity (Wildman–Crippen MR) is 82.8 cm³/mol. The average Bonchev–Trinajstić information content (AvgIpc) is 3.14. The van der Waals surface area contributed by atoms with E-state index in [0.29, 0.717) is 30.3 Å². The van der Waals surface area contributed by atoms with E-state index in [1.165, 1.54) is 0 Å². The lowest BCUT2D eigenvalue weighted by Crippen LogP contribution is -2.37. The first-order valence-electron chi connectivity index (χ1n) is 7.14. The van der Waals surface area contributed by atoms with Crippen LogP contribution in [-0.2, 0) is 0 Å². The summed E-state index contributed by atoms with van der Waals surface area (Å²) in [5.74, 6) is 0.436. The molecule has 1 aliphatic heterocycles. The molecule has 4 nitrogen and oxygen atoms in total. The summed E-state index contributed by atoms with van der Waals surface area (Å²) in [4.78, 5) is 12.1. The van der Waals surface area contributed by atoms with E-state index >= 15 is 0 Å². The number of nitrogens with one attached hydrogen (secondary N) is 2. The molecule has 0 spiro atoms. The standard InChI is InChI=1S/C16H16ClFN2O2/c17-13-4-2-1-3-12(13)14-5-6-15(22-14)16(21)20-9-11-7-10(18)8-19-11/h1-6,10-11,19H,7-9H2,(H,20,21)/t10-,11-/m0/s1. The molecule has 3 rings (SSSR count). The highest BCUT2D eigenvalue weighted by Crippen LogP contribution is 2.28. The number of carbonyl (C=O) groups excluding carboxylic acids is 1. The molecule has 1 amide bonds. The molecule has 2 heterocycles. The second kappa shape index (κ2) is 6.50. The third-order valence-electron chi connectivity index (χ3n) is 3.65. The zero-order valence-corrected chi connectivity index (χ0v) is 12.6. The molecule has 116 valence electrons. The van der Waals surface area contributed by atoms with Gasteiger partial charge in [-0.2, -0.15) is 0 Å². The summed E-state index contributed by atoms with van der Waals surface area (Å²) in [5.41, 5.74) is 0.737. The van der Waals surface area contributed by atoms with E-state index in [2.05, 4.69) is 10.6 Å². The second-order valence-electron chi connectivity index (χ2n) is 5.29. The van der Waals surface area contributed by atoms with Crippen LogP contribution in [0.25, 0.3) is 11.3 Å². The van der Waals surface area contributed by atoms with Gasteiger partial charge in [-0.3, -0.25) is 4.79 Å². The number of hydrogen-bond acceptors (Lipinski definition) is 3. The minimum atomic E-state index is -0.836. The van der Waals surface area contributed by atoms with Crippen molar-refractivity contribution in [3.8, 4) is 11.3 Å². The van der Waals surface area contributed by atoms with Gasteiger partial charge in [0.1, 0.15) is 11.9 Å². The van der Waals surface area contributed by atoms with Crippen LogP contribution in [0.1, 0.15) is 17.0 Å². The first kappa shape index (κ1) is 15.1. The molecule has 1 fully saturated rings. The maximum Gasteiger partial charge on any atom is 0.287 e. The lowest BCUT2D eigenvalue weighted by Gasteiger charge is -2.10. The van der Waals surface area contributed by atoms with Crippen LogP contribution in [0.2, 0.25) is 5.02 Å². The Hall–Kier alpha value is -1.85. The van der Waals surface area contributed by atoms with E-state index < -0.39 is 6.17 Å². The zero-order valence-electron chi connectivity index (χ0n) is 11.8. The van der Waals surface area contributed by atoms with Crippen molar-refractivity contribution >= 4 is 17.5 Å². The molecule has 22 heavy (non-hydrogen) atoms. The Morgan fingerprint density at radius 3 is 2.91 bits per heavy atom. The Labute approximate surface area is 132 Å². The van der Waals surface area contributed by atoms with Gasteiger partial charge in [-0.1, -0.05) is 23.7 Å². The van der Waals surface area contributed by atoms with Crippen molar-refractivity contribution in [3.05, 3.63) is 47.2 Å². The lowest BCUT2D eigenvalue weighted by molar-refractivity contribution is 0.0923. The largest absolute Gasteiger partial charge is 0.451 e. The van der Waals surface area contributed by atoms with Crippen LogP contribution in [0.5, 0.6) is 0 Å². The van der Waals surface area contributed by atoms with E-state index in [1.54, 1.807) is 18.2 Å². The zero-order chi connectivity index (χ0) is 15.5. The number of carbonyl (C=O) groups is 1. The molecule has 1 aromatic carbocycles. The maximum atomic E-state index is 13.0. The molecule has 0 aliphatic carbocycles. The molecule has 0 unspecified atom stereocenters. The molecular formula is C16H16ClFN2O2. The van der Waals surface area contributed by atoms with Crippen molar-refractivity contribution in [1.82, 2.24) is 10.6 Å². The molecular weight excluding hydrogens is 307 g/mol. The molecule has 2 N–H and O–H groups in total. The minimum Gasteiger partial charge on any atom is -0.451 e. The molecule has 2 atom stereocenters. The highest BCUT2D eigenvalue weighted by Gasteiger charge is 2.24. The highest BCUT2D eigenvalue weighted by molar-refractivity contribution is 6.33. The normalized spacial score (nSPS) is 21.0. The fourth-order valence-electron chi connectivity index (χ4n) is 2.49. The van der Waals surface area contributed by atoms with Gasteiger partial charge >= 0.3 is 0 Å². The Bertz CT molecular complexity index is 674. The van der Waals surface area contributed by atoms with Crippen molar-refractivity contribution < 1.29 is 13.6 Å². The van der Waals surface area contributed by atoms with E-state index in [1.807, 2.05) is 18.2 Å². The third-order valence-corrected chi connectivity index (χ3v) is 3.98. The minimum absolute atomic E-state index is 0.0306. The fraction of sp³-hybridized carbons (Fsp3) is 0.312. The average molecular weight is 323 g/mol. The van der Waals surface area contributed by atoms with Crippen LogP contribution in [0.4, 0.5) is 4.39 Å². The predicted octanol–water partition coefficient (Wildman–Crippen LogP) is 3.03. The molecule has 1 aromatic heterocycles. The first-order chi connectivity index (χ1) is 10.6. The molecule has 1 saturated heterocycles. The van der Waals surface area contributed by atoms with Gasteiger partial charge in [0.15, 0.2) is 5.76 Å². The molecule has 2 aromatic rings. The van der Waals surface area contributed by atoms with E-state index in [0.717, 1.165) is 5.56 Å². The van der Waals surface area contributed by atoms with Gasteiger partial charge in [0.05, 0.1) is 5.02 Å². The van der Waals surface area contributed by atoms with Gasteiger partial charge in [0.2, 0.25) is 0 Å². The van der Waals surface area contributed by atoms with Crippen LogP contribution in [0.3, 0.4) is 0 Å². The summed E-state index contributed by atoms with van der Waals surface area (Å²) in [6.07, 6.45) is -0.416. The number of benzene rings is 1. The second-order valence-corrected chi connectivity index (χ2v) is 5.70. The summed E-state index contributed by atoms with van der Waals surface area (Å²) in [7, 11) is 0. The van der Waals surface area contributed by atoms with E-state index in [9.17, 15) is 9.18 Å². The number of furan rings is 1. The summed E-state index contributed by atoms with van der Waals surface area (Å²) in [6.45, 7) is 0.722. The van der Waals surface area contributed by atoms with Crippen LogP contribution in [0.15, 0.2) is 40.8 Å². The SMILES string of the molecule is O=C(NC[C@@H]1C[C@H](F)CN1)c1ccc(-c2ccccc2Cl)o1. The number of alkyl halides is 1. The van der Waals surface area contributed by atoms with Gasteiger partial charge in [-0.25, -0.2) is 4.39 Å². The third kappa shape index (κ3) is 3.31. The number of halogens is 2. The van der Waals surface area contributed by atoms with Crippen molar-refractivity contribution in [3.63, 3.8) is 0 Å². The van der Waals surface area contributed by atoms with Crippen molar-refractivity contribution in [2.24, 2.45) is 0 Å². The highest BCUT2D eigenvalue weighted by atomic mass is 35.5. The molecule has 0 radical (unpaired) electrons. The van der Waals surface area contributed by atoms with Crippen LogP contribution in [0, 0.1) is 0 Å². The van der Waals surface area contributed by atoms with Gasteiger partial charge in [0.25, 0.3) is 5.91 Å². The Kier molecular flexibility index (Phi) is 4.45. The fourth-order valence-corrected chi connectivity index (χ4v) is 2.72. The van der Waals surface area contributed by atoms with Crippen molar-refractivity contribution in [1.29, 1.82) is 0 Å². The van der Waals surface area contributed by atoms with E-state index in [4.69, 9.17) is 16.0 Å². The van der Waals surface area contributed by atoms with Crippen molar-refractivity contribution in [2.75, 3.05) is 13.1 Å². The van der Waals surface area contributed by atoms with Gasteiger partial charge in [-0.15, -0.1) is 0 Å². The summed E-state index contributed by atoms with van der Waals surface area (Å²) < 4.78 is 18.6. The van der Waals surface area contributed by atoms with E-state index in [-0.39, 0.29) is 17.7 Å². The van der Waals surface area contributed by atoms with Crippen LogP contribution in [-0.4, -0.2) is 31.2 Å². The topological polar surface area (TPSA) is 54.3 Å². The Morgan fingerprint density at radius 2 is 2.18 bits per heavy atom. The lowest BCUT2D eigenvalue weighted by atomic mass is 10.2. The van der Waals surface area contributed by atoms with Gasteiger partial charge < -0.3 is 15.1 Å². The summed E-state index contributed by atoms with van der Waals surface area (Å²) in [5, 5.41) is 6.32. The quantitative estimate of drug-likeness (QED) is 0.909. The maximum absolute atomic E-state index is 13.0. The van der Waals surface area contributed by atoms with Gasteiger partial charge in [0, 0.05) is 24.7 Å². The first-order valence-corrected chi connectivity index (χ1v) is 7.51. The summed E-state index contributed by atoms with van der Waals surface area (Å²) >= 11 is 6.10. The Balaban J connectivity index is 1.63. The number of amides is 1.